The first-order valence-corrected chi connectivity index (χ1v) is 9.18. The van der Waals surface area contributed by atoms with E-state index in [-0.39, 0.29) is 5.97 Å². The van der Waals surface area contributed by atoms with Crippen LogP contribution in [0.15, 0.2) is 44.3 Å². The molecule has 1 aromatic carbocycles. The summed E-state index contributed by atoms with van der Waals surface area (Å²) >= 11 is 10.1. The zero-order valence-corrected chi connectivity index (χ0v) is 18.6. The summed E-state index contributed by atoms with van der Waals surface area (Å²) in [6.07, 6.45) is 1.11. The molecule has 0 spiro atoms. The number of halogens is 3. The molecule has 0 saturated carbocycles. The van der Waals surface area contributed by atoms with Gasteiger partial charge < -0.3 is 14.2 Å². The Bertz CT molecular complexity index is 486. The van der Waals surface area contributed by atoms with E-state index < -0.39 is 5.97 Å². The van der Waals surface area contributed by atoms with Gasteiger partial charge in [0.1, 0.15) is 6.61 Å². The molecular formula is C16H21Br3O5. The highest BCUT2D eigenvalue weighted by Gasteiger charge is 1.97. The van der Waals surface area contributed by atoms with Crippen LogP contribution in [-0.2, 0) is 23.8 Å². The molecule has 0 aliphatic rings. The standard InChI is InChI=1S/C6H3Br3.C6H12O3.C4H6O2/c7-4-2-1-3-5(8)6(4)9;1-3-8-4-5-9-6(2)7;1-3-4(5)6-2/h1-3H;3-5H2,1-2H3;3H,1H2,2H3. The van der Waals surface area contributed by atoms with Crippen molar-refractivity contribution in [1.29, 1.82) is 0 Å². The van der Waals surface area contributed by atoms with Gasteiger partial charge in [-0.3, -0.25) is 4.79 Å². The smallest absolute Gasteiger partial charge is 0.329 e. The van der Waals surface area contributed by atoms with E-state index in [1.165, 1.54) is 14.0 Å². The Balaban J connectivity index is 0. The molecule has 8 heteroatoms. The molecule has 0 aliphatic carbocycles. The number of carbonyl (C=O) groups excluding carboxylic acids is 2. The van der Waals surface area contributed by atoms with Crippen LogP contribution >= 0.6 is 47.8 Å². The summed E-state index contributed by atoms with van der Waals surface area (Å²) in [7, 11) is 1.31. The Morgan fingerprint density at radius 1 is 1.17 bits per heavy atom. The van der Waals surface area contributed by atoms with E-state index in [0.717, 1.165) is 19.5 Å². The Hall–Kier alpha value is -0.700. The third kappa shape index (κ3) is 16.2. The largest absolute Gasteiger partial charge is 0.466 e. The number of esters is 2. The first kappa shape index (κ1) is 25.5. The molecule has 0 radical (unpaired) electrons. The lowest BCUT2D eigenvalue weighted by Crippen LogP contribution is -2.06. The Morgan fingerprint density at radius 2 is 1.71 bits per heavy atom. The Morgan fingerprint density at radius 3 is 2.00 bits per heavy atom. The number of hydrogen-bond donors (Lipinski definition) is 0. The molecule has 0 unspecified atom stereocenters. The molecule has 0 bridgehead atoms. The quantitative estimate of drug-likeness (QED) is 0.233. The number of hydrogen-bond acceptors (Lipinski definition) is 5. The minimum Gasteiger partial charge on any atom is -0.466 e. The highest BCUT2D eigenvalue weighted by atomic mass is 79.9. The lowest BCUT2D eigenvalue weighted by Gasteiger charge is -1.99. The zero-order chi connectivity index (χ0) is 19.0. The van der Waals surface area contributed by atoms with Gasteiger partial charge >= 0.3 is 11.9 Å². The lowest BCUT2D eigenvalue weighted by molar-refractivity contribution is -0.142. The van der Waals surface area contributed by atoms with Crippen molar-refractivity contribution in [3.63, 3.8) is 0 Å². The molecule has 0 heterocycles. The van der Waals surface area contributed by atoms with Gasteiger partial charge in [0.2, 0.25) is 0 Å². The summed E-state index contributed by atoms with van der Waals surface area (Å²) in [6, 6.07) is 5.93. The fourth-order valence-corrected chi connectivity index (χ4v) is 2.21. The van der Waals surface area contributed by atoms with E-state index in [4.69, 9.17) is 4.74 Å². The number of ether oxygens (including phenoxy) is 3. The lowest BCUT2D eigenvalue weighted by atomic mass is 10.4. The fourth-order valence-electron chi connectivity index (χ4n) is 0.949. The third-order valence-electron chi connectivity index (χ3n) is 2.01. The van der Waals surface area contributed by atoms with Crippen molar-refractivity contribution in [2.24, 2.45) is 0 Å². The predicted molar refractivity (Wildman–Crippen MR) is 105 cm³/mol. The van der Waals surface area contributed by atoms with E-state index >= 15 is 0 Å². The van der Waals surface area contributed by atoms with Crippen molar-refractivity contribution in [2.75, 3.05) is 26.9 Å². The van der Waals surface area contributed by atoms with Crippen LogP contribution in [0.25, 0.3) is 0 Å². The van der Waals surface area contributed by atoms with Crippen LogP contribution in [0, 0.1) is 0 Å². The predicted octanol–water partition coefficient (Wildman–Crippen LogP) is 4.91. The molecule has 0 amide bonds. The molecule has 0 saturated heterocycles. The van der Waals surface area contributed by atoms with Gasteiger partial charge in [0.15, 0.2) is 0 Å². The van der Waals surface area contributed by atoms with Gasteiger partial charge in [-0.15, -0.1) is 0 Å². The summed E-state index contributed by atoms with van der Waals surface area (Å²) < 4.78 is 16.8. The normalized spacial score (nSPS) is 8.75. The first-order chi connectivity index (χ1) is 11.3. The Kier molecular flexibility index (Phi) is 18.2. The molecule has 0 atom stereocenters. The third-order valence-corrected chi connectivity index (χ3v) is 5.25. The van der Waals surface area contributed by atoms with E-state index in [9.17, 15) is 9.59 Å². The molecule has 24 heavy (non-hydrogen) atoms. The fraction of sp³-hybridized carbons (Fsp3) is 0.375. The van der Waals surface area contributed by atoms with Crippen LogP contribution in [0.2, 0.25) is 0 Å². The van der Waals surface area contributed by atoms with Crippen molar-refractivity contribution in [3.8, 4) is 0 Å². The summed E-state index contributed by atoms with van der Waals surface area (Å²) in [6.45, 7) is 7.96. The van der Waals surface area contributed by atoms with E-state index in [1.54, 1.807) is 0 Å². The Labute approximate surface area is 168 Å². The van der Waals surface area contributed by atoms with Gasteiger partial charge in [0.25, 0.3) is 0 Å². The second kappa shape index (κ2) is 17.1. The van der Waals surface area contributed by atoms with Gasteiger partial charge in [0, 0.05) is 33.0 Å². The van der Waals surface area contributed by atoms with Crippen molar-refractivity contribution in [1.82, 2.24) is 0 Å². The topological polar surface area (TPSA) is 61.8 Å². The van der Waals surface area contributed by atoms with Crippen molar-refractivity contribution in [3.05, 3.63) is 44.3 Å². The monoisotopic (exact) mass is 530 g/mol. The highest BCUT2D eigenvalue weighted by Crippen LogP contribution is 2.29. The van der Waals surface area contributed by atoms with Crippen molar-refractivity contribution >= 4 is 59.7 Å². The minimum atomic E-state index is -0.394. The number of benzene rings is 1. The summed E-state index contributed by atoms with van der Waals surface area (Å²) in [5, 5.41) is 0. The zero-order valence-electron chi connectivity index (χ0n) is 13.8. The van der Waals surface area contributed by atoms with Crippen LogP contribution in [0.5, 0.6) is 0 Å². The summed E-state index contributed by atoms with van der Waals surface area (Å²) in [5.74, 6) is -0.648. The van der Waals surface area contributed by atoms with E-state index in [1.807, 2.05) is 25.1 Å². The maximum absolute atomic E-state index is 10.1. The summed E-state index contributed by atoms with van der Waals surface area (Å²) in [4.78, 5) is 20.0. The molecule has 5 nitrogen and oxygen atoms in total. The summed E-state index contributed by atoms with van der Waals surface area (Å²) in [5.41, 5.74) is 0. The maximum Gasteiger partial charge on any atom is 0.329 e. The van der Waals surface area contributed by atoms with Crippen LogP contribution in [0.1, 0.15) is 13.8 Å². The molecule has 1 rings (SSSR count). The van der Waals surface area contributed by atoms with Crippen LogP contribution in [0.4, 0.5) is 0 Å². The molecule has 1 aromatic rings. The van der Waals surface area contributed by atoms with Crippen LogP contribution < -0.4 is 0 Å². The molecule has 0 N–H and O–H groups in total. The maximum atomic E-state index is 10.1. The van der Waals surface area contributed by atoms with Gasteiger partial charge in [0.05, 0.1) is 13.7 Å². The average molecular weight is 533 g/mol. The average Bonchev–Trinajstić information content (AvgIpc) is 2.56. The second-order valence-corrected chi connectivity index (χ2v) is 6.30. The number of rotatable bonds is 5. The van der Waals surface area contributed by atoms with Crippen molar-refractivity contribution < 1.29 is 23.8 Å². The SMILES string of the molecule is Brc1cccc(Br)c1Br.C=CC(=O)OC.CCOCCOC(C)=O. The van der Waals surface area contributed by atoms with Gasteiger partial charge in [-0.2, -0.15) is 0 Å². The highest BCUT2D eigenvalue weighted by molar-refractivity contribution is 9.14. The first-order valence-electron chi connectivity index (χ1n) is 6.81. The van der Waals surface area contributed by atoms with Crippen LogP contribution in [-0.4, -0.2) is 38.9 Å². The van der Waals surface area contributed by atoms with E-state index in [0.29, 0.717) is 19.8 Å². The second-order valence-electron chi connectivity index (χ2n) is 3.80. The molecule has 0 aromatic heterocycles. The van der Waals surface area contributed by atoms with Crippen molar-refractivity contribution in [2.45, 2.75) is 13.8 Å². The molecule has 0 fully saturated rings. The van der Waals surface area contributed by atoms with Gasteiger partial charge in [-0.05, 0) is 66.8 Å². The number of methoxy groups -OCH3 is 1. The molecular weight excluding hydrogens is 512 g/mol. The van der Waals surface area contributed by atoms with Gasteiger partial charge in [-0.25, -0.2) is 4.79 Å². The molecule has 136 valence electrons. The van der Waals surface area contributed by atoms with Gasteiger partial charge in [-0.1, -0.05) is 12.6 Å². The van der Waals surface area contributed by atoms with Crippen LogP contribution in [0.3, 0.4) is 0 Å². The van der Waals surface area contributed by atoms with E-state index in [2.05, 4.69) is 63.8 Å². The number of carbonyl (C=O) groups is 2. The minimum absolute atomic E-state index is 0.255. The molecule has 0 aliphatic heterocycles.